The molecule has 0 aromatic heterocycles. The average molecular weight is 305 g/mol. The van der Waals surface area contributed by atoms with Gasteiger partial charge in [-0.15, -0.1) is 0 Å². The van der Waals surface area contributed by atoms with Gasteiger partial charge in [0.15, 0.2) is 5.11 Å². The van der Waals surface area contributed by atoms with Gasteiger partial charge in [-0.3, -0.25) is 0 Å². The van der Waals surface area contributed by atoms with E-state index in [2.05, 4.69) is 33.1 Å². The van der Waals surface area contributed by atoms with Crippen molar-refractivity contribution in [3.63, 3.8) is 0 Å². The maximum Gasteiger partial charge on any atom is 0.337 e. The first-order valence-corrected chi connectivity index (χ1v) is 5.96. The fourth-order valence-electron chi connectivity index (χ4n) is 1.16. The third-order valence-corrected chi connectivity index (χ3v) is 2.68. The van der Waals surface area contributed by atoms with Gasteiger partial charge in [0, 0.05) is 12.1 Å². The molecule has 1 aliphatic rings. The van der Waals surface area contributed by atoms with Crippen LogP contribution in [0, 0.1) is 0 Å². The number of esters is 1. The summed E-state index contributed by atoms with van der Waals surface area (Å²) in [5, 5.41) is 6.29. The molecule has 16 heavy (non-hydrogen) atoms. The summed E-state index contributed by atoms with van der Waals surface area (Å²) in [5.41, 5.74) is 1.32. The Morgan fingerprint density at radius 3 is 2.94 bits per heavy atom. The minimum absolute atomic E-state index is 0.324. The van der Waals surface area contributed by atoms with Crippen LogP contribution >= 0.6 is 28.1 Å². The van der Waals surface area contributed by atoms with E-state index in [1.165, 1.54) is 0 Å². The van der Waals surface area contributed by atoms with Crippen LogP contribution < -0.4 is 10.6 Å². The van der Waals surface area contributed by atoms with E-state index in [0.717, 1.165) is 10.2 Å². The number of nitrogens with one attached hydrogen (secondary N) is 2. The van der Waals surface area contributed by atoms with Gasteiger partial charge in [0.1, 0.15) is 0 Å². The van der Waals surface area contributed by atoms with Crippen LogP contribution in [0.3, 0.4) is 0 Å². The number of carbonyl (C=O) groups is 1. The van der Waals surface area contributed by atoms with Crippen molar-refractivity contribution >= 4 is 39.2 Å². The molecule has 0 amide bonds. The molecule has 1 heterocycles. The topological polar surface area (TPSA) is 50.4 Å². The second-order valence-electron chi connectivity index (χ2n) is 3.31. The van der Waals surface area contributed by atoms with E-state index in [4.69, 9.17) is 17.0 Å². The van der Waals surface area contributed by atoms with Gasteiger partial charge < -0.3 is 15.4 Å². The smallest absolute Gasteiger partial charge is 0.337 e. The minimum atomic E-state index is -0.325. The normalized spacial score (nSPS) is 15.2. The number of rotatable bonds is 4. The highest BCUT2D eigenvalue weighted by molar-refractivity contribution is 9.11. The Morgan fingerprint density at radius 2 is 2.38 bits per heavy atom. The van der Waals surface area contributed by atoms with Crippen LogP contribution in [-0.4, -0.2) is 24.2 Å². The molecule has 0 aromatic carbocycles. The molecular weight excluding hydrogens is 292 g/mol. The van der Waals surface area contributed by atoms with Crippen LogP contribution in [0.15, 0.2) is 22.3 Å². The second-order valence-corrected chi connectivity index (χ2v) is 4.84. The van der Waals surface area contributed by atoms with Crippen molar-refractivity contribution in [2.24, 2.45) is 0 Å². The molecule has 1 rings (SSSR count). The summed E-state index contributed by atoms with van der Waals surface area (Å²) in [6.45, 7) is 6.19. The lowest BCUT2D eigenvalue weighted by molar-refractivity contribution is -0.139. The number of carbonyl (C=O) groups excluding carboxylic acids is 1. The highest BCUT2D eigenvalue weighted by Crippen LogP contribution is 2.10. The summed E-state index contributed by atoms with van der Waals surface area (Å²) in [4.78, 5) is 11.6. The highest BCUT2D eigenvalue weighted by atomic mass is 79.9. The molecule has 6 heteroatoms. The van der Waals surface area contributed by atoms with Crippen LogP contribution in [0.25, 0.3) is 0 Å². The van der Waals surface area contributed by atoms with Crippen molar-refractivity contribution in [2.45, 2.75) is 13.3 Å². The maximum atomic E-state index is 11.6. The standard InChI is InChI=1S/C10H13BrN2O2S/c1-6(11)3-4-15-9(14)8-5-12-10(16)13-7(8)2/h1,3-5H2,2H3,(H2,12,13,16). The summed E-state index contributed by atoms with van der Waals surface area (Å²) in [7, 11) is 0. The van der Waals surface area contributed by atoms with Crippen LogP contribution in [0.2, 0.25) is 0 Å². The SMILES string of the molecule is C=C(Br)CCOC(=O)C1=C(C)NC(=S)NC1. The predicted octanol–water partition coefficient (Wildman–Crippen LogP) is 1.58. The number of hydrogen-bond acceptors (Lipinski definition) is 3. The second kappa shape index (κ2) is 6.00. The number of allylic oxidation sites excluding steroid dienone is 1. The summed E-state index contributed by atoms with van der Waals surface area (Å²) in [6.07, 6.45) is 0.608. The van der Waals surface area contributed by atoms with Crippen molar-refractivity contribution in [2.75, 3.05) is 13.2 Å². The lowest BCUT2D eigenvalue weighted by atomic mass is 10.2. The van der Waals surface area contributed by atoms with Crippen LogP contribution in [-0.2, 0) is 9.53 Å². The lowest BCUT2D eigenvalue weighted by Crippen LogP contribution is -2.42. The number of thiocarbonyl (C=S) groups is 1. The molecule has 0 saturated heterocycles. The highest BCUT2D eigenvalue weighted by Gasteiger charge is 2.19. The summed E-state index contributed by atoms with van der Waals surface area (Å²) >= 11 is 8.12. The van der Waals surface area contributed by atoms with Crippen LogP contribution in [0.5, 0.6) is 0 Å². The van der Waals surface area contributed by atoms with Gasteiger partial charge in [-0.2, -0.15) is 0 Å². The Hall–Kier alpha value is -0.880. The molecular formula is C10H13BrN2O2S. The Morgan fingerprint density at radius 1 is 1.69 bits per heavy atom. The molecule has 0 fully saturated rings. The van der Waals surface area contributed by atoms with Crippen molar-refractivity contribution < 1.29 is 9.53 Å². The van der Waals surface area contributed by atoms with E-state index in [-0.39, 0.29) is 5.97 Å². The molecule has 0 atom stereocenters. The maximum absolute atomic E-state index is 11.6. The van der Waals surface area contributed by atoms with Gasteiger partial charge in [0.25, 0.3) is 0 Å². The Kier molecular flexibility index (Phi) is 4.95. The van der Waals surface area contributed by atoms with E-state index in [9.17, 15) is 4.79 Å². The number of ether oxygens (including phenoxy) is 1. The zero-order chi connectivity index (χ0) is 12.1. The van der Waals surface area contributed by atoms with Crippen molar-refractivity contribution in [3.8, 4) is 0 Å². The molecule has 0 spiro atoms. The Labute approximate surface area is 108 Å². The average Bonchev–Trinajstić information content (AvgIpc) is 2.16. The van der Waals surface area contributed by atoms with Crippen molar-refractivity contribution in [1.82, 2.24) is 10.6 Å². The van der Waals surface area contributed by atoms with Gasteiger partial charge in [0.05, 0.1) is 18.7 Å². The van der Waals surface area contributed by atoms with E-state index < -0.39 is 0 Å². The van der Waals surface area contributed by atoms with Gasteiger partial charge >= 0.3 is 5.97 Å². The van der Waals surface area contributed by atoms with Crippen LogP contribution in [0.1, 0.15) is 13.3 Å². The summed E-state index contributed by atoms with van der Waals surface area (Å²) < 4.78 is 5.90. The molecule has 2 N–H and O–H groups in total. The van der Waals surface area contributed by atoms with E-state index in [0.29, 0.717) is 30.3 Å². The van der Waals surface area contributed by atoms with E-state index >= 15 is 0 Å². The quantitative estimate of drug-likeness (QED) is 0.610. The van der Waals surface area contributed by atoms with Gasteiger partial charge in [-0.25, -0.2) is 4.79 Å². The number of halogens is 1. The minimum Gasteiger partial charge on any atom is -0.462 e. The van der Waals surface area contributed by atoms with Gasteiger partial charge in [-0.1, -0.05) is 22.5 Å². The summed E-state index contributed by atoms with van der Waals surface area (Å²) in [6, 6.07) is 0. The Balaban J connectivity index is 2.50. The lowest BCUT2D eigenvalue weighted by Gasteiger charge is -2.20. The molecule has 1 aliphatic heterocycles. The molecule has 0 unspecified atom stereocenters. The zero-order valence-electron chi connectivity index (χ0n) is 8.93. The first-order chi connectivity index (χ1) is 7.50. The van der Waals surface area contributed by atoms with E-state index in [1.807, 2.05) is 0 Å². The third kappa shape index (κ3) is 3.94. The predicted molar refractivity (Wildman–Crippen MR) is 70.1 cm³/mol. The molecule has 0 radical (unpaired) electrons. The molecule has 0 aromatic rings. The molecule has 88 valence electrons. The molecule has 0 aliphatic carbocycles. The van der Waals surface area contributed by atoms with Crippen molar-refractivity contribution in [1.29, 1.82) is 0 Å². The summed E-state index contributed by atoms with van der Waals surface area (Å²) in [5.74, 6) is -0.325. The first kappa shape index (κ1) is 13.2. The van der Waals surface area contributed by atoms with E-state index in [1.54, 1.807) is 6.92 Å². The first-order valence-electron chi connectivity index (χ1n) is 4.75. The fraction of sp³-hybridized carbons (Fsp3) is 0.400. The van der Waals surface area contributed by atoms with Crippen LogP contribution in [0.4, 0.5) is 0 Å². The monoisotopic (exact) mass is 304 g/mol. The molecule has 0 saturated carbocycles. The van der Waals surface area contributed by atoms with Gasteiger partial charge in [-0.05, 0) is 23.6 Å². The number of hydrogen-bond donors (Lipinski definition) is 2. The fourth-order valence-corrected chi connectivity index (χ4v) is 1.55. The molecule has 0 bridgehead atoms. The zero-order valence-corrected chi connectivity index (χ0v) is 11.3. The largest absolute Gasteiger partial charge is 0.462 e. The van der Waals surface area contributed by atoms with Gasteiger partial charge in [0.2, 0.25) is 0 Å². The third-order valence-electron chi connectivity index (χ3n) is 2.03. The molecule has 4 nitrogen and oxygen atoms in total. The van der Waals surface area contributed by atoms with Crippen molar-refractivity contribution in [3.05, 3.63) is 22.3 Å². The Bertz CT molecular complexity index is 366.